The highest BCUT2D eigenvalue weighted by Gasteiger charge is 2.37. The Bertz CT molecular complexity index is 573. The molecule has 2 aromatic rings. The molecule has 1 nitrogen and oxygen atoms in total. The molecule has 3 rings (SSSR count). The van der Waals surface area contributed by atoms with Crippen molar-refractivity contribution in [2.45, 2.75) is 19.3 Å². The number of rotatable bonds is 0. The molecule has 0 saturated heterocycles. The molecular weight excluding hydrogens is 218 g/mol. The molecule has 0 atom stereocenters. The van der Waals surface area contributed by atoms with Gasteiger partial charge in [-0.05, 0) is 11.6 Å². The van der Waals surface area contributed by atoms with Gasteiger partial charge in [0.1, 0.15) is 0 Å². The Kier molecular flexibility index (Phi) is 1.90. The average Bonchev–Trinajstić information content (AvgIpc) is 2.50. The summed E-state index contributed by atoms with van der Waals surface area (Å²) < 4.78 is 0. The van der Waals surface area contributed by atoms with Crippen LogP contribution in [0.4, 0.5) is 0 Å². The van der Waals surface area contributed by atoms with Crippen LogP contribution in [-0.4, -0.2) is 4.98 Å². The van der Waals surface area contributed by atoms with Crippen LogP contribution in [0.2, 0.25) is 5.02 Å². The topological polar surface area (TPSA) is 12.9 Å². The average molecular weight is 230 g/mol. The first-order valence-corrected chi connectivity index (χ1v) is 5.75. The molecule has 0 saturated carbocycles. The number of fused-ring (bicyclic) bond motifs is 3. The van der Waals surface area contributed by atoms with Gasteiger partial charge in [0.25, 0.3) is 0 Å². The number of nitrogens with zero attached hydrogens (tertiary/aromatic N) is 1. The largest absolute Gasteiger partial charge is 0.256 e. The standard InChI is InChI=1S/C14H12ClN/c1-14(2)10-6-4-3-5-9(10)13-12(14)11(15)7-8-16-13/h3-8H,1-2H3. The molecule has 0 spiro atoms. The summed E-state index contributed by atoms with van der Waals surface area (Å²) in [4.78, 5) is 4.47. The van der Waals surface area contributed by atoms with Gasteiger partial charge in [-0.25, -0.2) is 0 Å². The van der Waals surface area contributed by atoms with E-state index in [0.29, 0.717) is 0 Å². The van der Waals surface area contributed by atoms with Crippen molar-refractivity contribution in [3.63, 3.8) is 0 Å². The van der Waals surface area contributed by atoms with Crippen molar-refractivity contribution in [1.82, 2.24) is 4.98 Å². The van der Waals surface area contributed by atoms with E-state index in [0.717, 1.165) is 16.3 Å². The first-order valence-electron chi connectivity index (χ1n) is 5.37. The van der Waals surface area contributed by atoms with Crippen molar-refractivity contribution in [1.29, 1.82) is 0 Å². The minimum Gasteiger partial charge on any atom is -0.256 e. The number of hydrogen-bond donors (Lipinski definition) is 0. The Morgan fingerprint density at radius 2 is 1.88 bits per heavy atom. The molecule has 2 heteroatoms. The summed E-state index contributed by atoms with van der Waals surface area (Å²) >= 11 is 6.30. The van der Waals surface area contributed by atoms with Gasteiger partial charge in [0.15, 0.2) is 0 Å². The van der Waals surface area contributed by atoms with Crippen LogP contribution in [0, 0.1) is 0 Å². The lowest BCUT2D eigenvalue weighted by Crippen LogP contribution is -2.15. The molecule has 1 aromatic carbocycles. The van der Waals surface area contributed by atoms with Gasteiger partial charge in [0.05, 0.1) is 5.69 Å². The predicted molar refractivity (Wildman–Crippen MR) is 66.8 cm³/mol. The Balaban J connectivity index is 2.44. The van der Waals surface area contributed by atoms with E-state index in [1.54, 1.807) is 6.20 Å². The van der Waals surface area contributed by atoms with Crippen molar-refractivity contribution in [2.75, 3.05) is 0 Å². The highest BCUT2D eigenvalue weighted by molar-refractivity contribution is 6.32. The molecule has 0 radical (unpaired) electrons. The summed E-state index contributed by atoms with van der Waals surface area (Å²) in [6.07, 6.45) is 1.78. The van der Waals surface area contributed by atoms with Gasteiger partial charge in [-0.15, -0.1) is 0 Å². The van der Waals surface area contributed by atoms with Crippen molar-refractivity contribution >= 4 is 11.6 Å². The molecule has 0 N–H and O–H groups in total. The molecule has 1 aliphatic carbocycles. The molecule has 1 heterocycles. The van der Waals surface area contributed by atoms with Gasteiger partial charge >= 0.3 is 0 Å². The molecule has 0 unspecified atom stereocenters. The fraction of sp³-hybridized carbons (Fsp3) is 0.214. The van der Waals surface area contributed by atoms with Gasteiger partial charge in [-0.1, -0.05) is 49.7 Å². The van der Waals surface area contributed by atoms with Crippen molar-refractivity contribution in [2.24, 2.45) is 0 Å². The highest BCUT2D eigenvalue weighted by Crippen LogP contribution is 2.49. The number of hydrogen-bond acceptors (Lipinski definition) is 1. The summed E-state index contributed by atoms with van der Waals surface area (Å²) in [5.41, 5.74) is 4.67. The molecule has 1 aliphatic rings. The predicted octanol–water partition coefficient (Wildman–Crippen LogP) is 4.04. The molecule has 16 heavy (non-hydrogen) atoms. The van der Waals surface area contributed by atoms with Crippen molar-refractivity contribution < 1.29 is 0 Å². The zero-order valence-electron chi connectivity index (χ0n) is 9.29. The molecular formula is C14H12ClN. The van der Waals surface area contributed by atoms with Crippen LogP contribution in [0.15, 0.2) is 36.5 Å². The molecule has 0 fully saturated rings. The summed E-state index contributed by atoms with van der Waals surface area (Å²) in [7, 11) is 0. The summed E-state index contributed by atoms with van der Waals surface area (Å²) in [6, 6.07) is 10.3. The van der Waals surface area contributed by atoms with Gasteiger partial charge in [0, 0.05) is 27.8 Å². The smallest absolute Gasteiger partial charge is 0.0760 e. The van der Waals surface area contributed by atoms with Gasteiger partial charge < -0.3 is 0 Å². The Hall–Kier alpha value is -1.34. The number of halogens is 1. The molecule has 0 amide bonds. The van der Waals surface area contributed by atoms with E-state index >= 15 is 0 Å². The normalized spacial score (nSPS) is 15.7. The lowest BCUT2D eigenvalue weighted by Gasteiger charge is -2.21. The van der Waals surface area contributed by atoms with Gasteiger partial charge in [-0.3, -0.25) is 4.98 Å². The number of pyridine rings is 1. The Morgan fingerprint density at radius 3 is 2.69 bits per heavy atom. The van der Waals surface area contributed by atoms with E-state index < -0.39 is 0 Å². The quantitative estimate of drug-likeness (QED) is 0.664. The number of aromatic nitrogens is 1. The van der Waals surface area contributed by atoms with E-state index in [1.165, 1.54) is 11.1 Å². The maximum atomic E-state index is 6.30. The summed E-state index contributed by atoms with van der Waals surface area (Å²) in [6.45, 7) is 4.40. The van der Waals surface area contributed by atoms with Crippen LogP contribution in [0.3, 0.4) is 0 Å². The van der Waals surface area contributed by atoms with Crippen molar-refractivity contribution in [3.05, 3.63) is 52.7 Å². The molecule has 0 bridgehead atoms. The Morgan fingerprint density at radius 1 is 1.12 bits per heavy atom. The van der Waals surface area contributed by atoms with Gasteiger partial charge in [0.2, 0.25) is 0 Å². The molecule has 1 aromatic heterocycles. The van der Waals surface area contributed by atoms with Crippen LogP contribution in [0.5, 0.6) is 0 Å². The fourth-order valence-corrected chi connectivity index (χ4v) is 2.99. The third kappa shape index (κ3) is 1.09. The maximum absolute atomic E-state index is 6.30. The van der Waals surface area contributed by atoms with E-state index in [9.17, 15) is 0 Å². The fourth-order valence-electron chi connectivity index (χ4n) is 2.61. The Labute approximate surface area is 100 Å². The third-order valence-electron chi connectivity index (χ3n) is 3.38. The van der Waals surface area contributed by atoms with E-state index in [2.05, 4.69) is 37.0 Å². The first kappa shape index (κ1) is 9.86. The number of benzene rings is 1. The zero-order valence-corrected chi connectivity index (χ0v) is 10.0. The second-order valence-corrected chi connectivity index (χ2v) is 5.09. The zero-order chi connectivity index (χ0) is 11.3. The third-order valence-corrected chi connectivity index (χ3v) is 3.70. The highest BCUT2D eigenvalue weighted by atomic mass is 35.5. The molecule has 0 aliphatic heterocycles. The lowest BCUT2D eigenvalue weighted by atomic mass is 9.83. The maximum Gasteiger partial charge on any atom is 0.0760 e. The van der Waals surface area contributed by atoms with Crippen LogP contribution in [0.25, 0.3) is 11.3 Å². The van der Waals surface area contributed by atoms with Crippen LogP contribution in [0.1, 0.15) is 25.0 Å². The summed E-state index contributed by atoms with van der Waals surface area (Å²) in [5, 5.41) is 0.811. The van der Waals surface area contributed by atoms with E-state index in [4.69, 9.17) is 11.6 Å². The minimum absolute atomic E-state index is 0.0444. The first-order chi connectivity index (χ1) is 7.62. The second kappa shape index (κ2) is 3.08. The van der Waals surface area contributed by atoms with E-state index in [1.807, 2.05) is 12.1 Å². The monoisotopic (exact) mass is 229 g/mol. The molecule has 80 valence electrons. The van der Waals surface area contributed by atoms with Crippen molar-refractivity contribution in [3.8, 4) is 11.3 Å². The van der Waals surface area contributed by atoms with Crippen LogP contribution in [-0.2, 0) is 5.41 Å². The van der Waals surface area contributed by atoms with Crippen LogP contribution >= 0.6 is 11.6 Å². The van der Waals surface area contributed by atoms with Gasteiger partial charge in [-0.2, -0.15) is 0 Å². The second-order valence-electron chi connectivity index (χ2n) is 4.69. The summed E-state index contributed by atoms with van der Waals surface area (Å²) in [5.74, 6) is 0. The van der Waals surface area contributed by atoms with E-state index in [-0.39, 0.29) is 5.41 Å². The SMILES string of the molecule is CC1(C)c2ccccc2-c2nccc(Cl)c21. The van der Waals surface area contributed by atoms with Crippen LogP contribution < -0.4 is 0 Å². The lowest BCUT2D eigenvalue weighted by molar-refractivity contribution is 0.659. The minimum atomic E-state index is -0.0444.